The quantitative estimate of drug-likeness (QED) is 0.124. The highest BCUT2D eigenvalue weighted by Gasteiger charge is 2.35. The van der Waals surface area contributed by atoms with Gasteiger partial charge in [0.05, 0.1) is 12.4 Å². The normalized spacial score (nSPS) is 11.9. The highest BCUT2D eigenvalue weighted by atomic mass is 32.2. The number of aliphatic carboxylic acids is 1. The lowest BCUT2D eigenvalue weighted by Gasteiger charge is -2.28. The maximum atomic E-state index is 12.0. The maximum Gasteiger partial charge on any atom is 0.317 e. The minimum atomic E-state index is -1.52. The molecule has 0 aromatic rings. The number of ether oxygens (including phenoxy) is 1. The van der Waals surface area contributed by atoms with Crippen LogP contribution in [0.4, 0.5) is 0 Å². The van der Waals surface area contributed by atoms with E-state index in [0.29, 0.717) is 18.1 Å². The van der Waals surface area contributed by atoms with Crippen molar-refractivity contribution in [2.45, 2.75) is 32.8 Å². The zero-order valence-corrected chi connectivity index (χ0v) is 17.6. The molecular weight excluding hydrogens is 406 g/mol. The van der Waals surface area contributed by atoms with Crippen molar-refractivity contribution in [3.8, 4) is 0 Å². The maximum absolute atomic E-state index is 12.0. The van der Waals surface area contributed by atoms with Gasteiger partial charge in [-0.2, -0.15) is 11.8 Å². The first kappa shape index (κ1) is 26.7. The van der Waals surface area contributed by atoms with Gasteiger partial charge in [-0.05, 0) is 0 Å². The third-order valence-electron chi connectivity index (χ3n) is 3.62. The summed E-state index contributed by atoms with van der Waals surface area (Å²) in [4.78, 5) is 56.4. The Morgan fingerprint density at radius 3 is 2.31 bits per heavy atom. The topological polar surface area (TPSA) is 171 Å². The number of aliphatic hydroxyl groups excluding tert-OH is 1. The van der Waals surface area contributed by atoms with Gasteiger partial charge in [0.15, 0.2) is 0 Å². The van der Waals surface area contributed by atoms with E-state index < -0.39 is 35.8 Å². The molecule has 0 aliphatic rings. The molecule has 0 fully saturated rings. The Labute approximate surface area is 173 Å². The van der Waals surface area contributed by atoms with E-state index in [0.717, 1.165) is 0 Å². The van der Waals surface area contributed by atoms with Crippen LogP contribution in [0.3, 0.4) is 0 Å². The second kappa shape index (κ2) is 13.8. The summed E-state index contributed by atoms with van der Waals surface area (Å²) >= 11 is 1.38. The number of aliphatic hydroxyl groups is 1. The summed E-state index contributed by atoms with van der Waals surface area (Å²) in [5.41, 5.74) is -1.15. The number of hydrogen-bond acceptors (Lipinski definition) is 8. The zero-order valence-electron chi connectivity index (χ0n) is 16.8. The van der Waals surface area contributed by atoms with Crippen molar-refractivity contribution >= 4 is 41.4 Å². The smallest absolute Gasteiger partial charge is 0.317 e. The molecule has 0 aromatic carbocycles. The lowest BCUT2D eigenvalue weighted by molar-refractivity contribution is -0.157. The first-order valence-electron chi connectivity index (χ1n) is 8.87. The molecule has 5 N–H and O–H groups in total. The van der Waals surface area contributed by atoms with Crippen molar-refractivity contribution in [2.75, 3.05) is 38.2 Å². The van der Waals surface area contributed by atoms with Crippen LogP contribution in [0.25, 0.3) is 0 Å². The van der Waals surface area contributed by atoms with Crippen molar-refractivity contribution in [3.05, 3.63) is 0 Å². The number of thioether (sulfide) groups is 1. The second-order valence-corrected chi connectivity index (χ2v) is 7.84. The summed E-state index contributed by atoms with van der Waals surface area (Å²) in [5, 5.41) is 26.2. The van der Waals surface area contributed by atoms with Gasteiger partial charge < -0.3 is 30.9 Å². The van der Waals surface area contributed by atoms with Gasteiger partial charge in [0.25, 0.3) is 0 Å². The molecule has 0 saturated heterocycles. The molecule has 0 bridgehead atoms. The predicted molar refractivity (Wildman–Crippen MR) is 105 cm³/mol. The molecule has 0 aromatic heterocycles. The number of carbonyl (C=O) groups is 5. The van der Waals surface area contributed by atoms with Crippen molar-refractivity contribution < 1.29 is 38.9 Å². The Morgan fingerprint density at radius 1 is 1.07 bits per heavy atom. The van der Waals surface area contributed by atoms with E-state index in [1.807, 2.05) is 0 Å². The number of carbonyl (C=O) groups excluding carboxylic acids is 4. The van der Waals surface area contributed by atoms with E-state index in [4.69, 9.17) is 9.84 Å². The summed E-state index contributed by atoms with van der Waals surface area (Å²) in [6.07, 6.45) is -2.32. The van der Waals surface area contributed by atoms with Crippen LogP contribution < -0.4 is 16.0 Å². The Hall–Kier alpha value is -2.34. The van der Waals surface area contributed by atoms with E-state index in [-0.39, 0.29) is 31.4 Å². The fourth-order valence-corrected chi connectivity index (χ4v) is 2.58. The largest absolute Gasteiger partial charge is 0.481 e. The number of carboxylic acid groups (broad SMARTS) is 1. The molecule has 0 aliphatic heterocycles. The lowest BCUT2D eigenvalue weighted by Crippen LogP contribution is -2.47. The van der Waals surface area contributed by atoms with Crippen molar-refractivity contribution in [2.24, 2.45) is 5.41 Å². The number of esters is 1. The number of nitrogens with one attached hydrogen (secondary N) is 3. The van der Waals surface area contributed by atoms with E-state index in [1.54, 1.807) is 7.05 Å². The fraction of sp³-hybridized carbons (Fsp3) is 0.706. The van der Waals surface area contributed by atoms with E-state index in [2.05, 4.69) is 16.0 Å². The summed E-state index contributed by atoms with van der Waals surface area (Å²) in [7, 11) is 1.54. The van der Waals surface area contributed by atoms with Crippen LogP contribution in [0.1, 0.15) is 26.7 Å². The standard InChI is InChI=1S/C17H29N3O8S/c1-17(2,10-28-14(25)8-13(23)24)15(26)16(27)20-5-4-11(21)19-6-7-29-9-12(22)18-3/h15,26H,4-10H2,1-3H3,(H,18,22)(H,19,21)(H,20,27)(H,23,24)/t15-/m1/s1. The number of carboxylic acids is 1. The van der Waals surface area contributed by atoms with Gasteiger partial charge in [0.1, 0.15) is 12.5 Å². The van der Waals surface area contributed by atoms with Crippen LogP contribution in [0.5, 0.6) is 0 Å². The van der Waals surface area contributed by atoms with Crippen LogP contribution >= 0.6 is 11.8 Å². The highest BCUT2D eigenvalue weighted by molar-refractivity contribution is 7.99. The fourth-order valence-electron chi connectivity index (χ4n) is 1.86. The Bertz CT molecular complexity index is 597. The number of amides is 3. The molecule has 0 aliphatic carbocycles. The zero-order chi connectivity index (χ0) is 22.4. The number of hydrogen-bond donors (Lipinski definition) is 5. The van der Waals surface area contributed by atoms with Crippen molar-refractivity contribution in [1.82, 2.24) is 16.0 Å². The Kier molecular flexibility index (Phi) is 12.7. The molecule has 0 rings (SSSR count). The molecule has 1 atom stereocenters. The highest BCUT2D eigenvalue weighted by Crippen LogP contribution is 2.21. The third-order valence-corrected chi connectivity index (χ3v) is 4.58. The average Bonchev–Trinajstić information content (AvgIpc) is 2.64. The predicted octanol–water partition coefficient (Wildman–Crippen LogP) is -1.51. The molecule has 11 nitrogen and oxygen atoms in total. The molecule has 0 unspecified atom stereocenters. The van der Waals surface area contributed by atoms with Crippen molar-refractivity contribution in [1.29, 1.82) is 0 Å². The van der Waals surface area contributed by atoms with Gasteiger partial charge in [0, 0.05) is 37.7 Å². The van der Waals surface area contributed by atoms with Crippen LogP contribution in [-0.2, 0) is 28.7 Å². The monoisotopic (exact) mass is 435 g/mol. The van der Waals surface area contributed by atoms with E-state index in [1.165, 1.54) is 25.6 Å². The first-order chi connectivity index (χ1) is 13.5. The summed E-state index contributed by atoms with van der Waals surface area (Å²) < 4.78 is 4.77. The molecular formula is C17H29N3O8S. The average molecular weight is 435 g/mol. The molecule has 0 saturated carbocycles. The van der Waals surface area contributed by atoms with Gasteiger partial charge in [-0.1, -0.05) is 13.8 Å². The van der Waals surface area contributed by atoms with Gasteiger partial charge in [-0.15, -0.1) is 0 Å². The summed E-state index contributed by atoms with van der Waals surface area (Å²) in [6, 6.07) is 0. The second-order valence-electron chi connectivity index (χ2n) is 6.74. The molecule has 29 heavy (non-hydrogen) atoms. The molecule has 3 amide bonds. The van der Waals surface area contributed by atoms with Crippen LogP contribution in [0.15, 0.2) is 0 Å². The van der Waals surface area contributed by atoms with Gasteiger partial charge in [-0.25, -0.2) is 0 Å². The molecule has 0 radical (unpaired) electrons. The molecule has 12 heteroatoms. The molecule has 166 valence electrons. The lowest BCUT2D eigenvalue weighted by atomic mass is 9.87. The Morgan fingerprint density at radius 2 is 1.72 bits per heavy atom. The third kappa shape index (κ3) is 12.7. The van der Waals surface area contributed by atoms with Crippen LogP contribution in [0, 0.1) is 5.41 Å². The SMILES string of the molecule is CNC(=O)CSCCNC(=O)CCNC(=O)[C@@H](O)C(C)(C)COC(=O)CC(=O)O. The minimum Gasteiger partial charge on any atom is -0.481 e. The van der Waals surface area contributed by atoms with Crippen LogP contribution in [-0.4, -0.2) is 84.2 Å². The number of rotatable bonds is 14. The molecule has 0 heterocycles. The van der Waals surface area contributed by atoms with Gasteiger partial charge in [0.2, 0.25) is 17.7 Å². The van der Waals surface area contributed by atoms with Gasteiger partial charge in [-0.3, -0.25) is 24.0 Å². The van der Waals surface area contributed by atoms with Gasteiger partial charge >= 0.3 is 11.9 Å². The Balaban J connectivity index is 4.09. The van der Waals surface area contributed by atoms with E-state index >= 15 is 0 Å². The molecule has 0 spiro atoms. The summed E-state index contributed by atoms with van der Waals surface area (Å²) in [5.74, 6) is -2.55. The summed E-state index contributed by atoms with van der Waals surface area (Å²) in [6.45, 7) is 3.00. The van der Waals surface area contributed by atoms with E-state index in [9.17, 15) is 29.1 Å². The minimum absolute atomic E-state index is 0.00198. The van der Waals surface area contributed by atoms with Crippen molar-refractivity contribution in [3.63, 3.8) is 0 Å². The first-order valence-corrected chi connectivity index (χ1v) is 10.0. The van der Waals surface area contributed by atoms with Crippen LogP contribution in [0.2, 0.25) is 0 Å².